The smallest absolute Gasteiger partial charge is 0.0923 e. The van der Waals surface area contributed by atoms with Crippen LogP contribution in [-0.4, -0.2) is 16.5 Å². The van der Waals surface area contributed by atoms with Crippen molar-refractivity contribution < 1.29 is 0 Å². The van der Waals surface area contributed by atoms with Crippen LogP contribution >= 0.6 is 0 Å². The minimum atomic E-state index is 0.880. The van der Waals surface area contributed by atoms with E-state index in [9.17, 15) is 0 Å². The fraction of sp³-hybridized carbons (Fsp3) is 0.333. The van der Waals surface area contributed by atoms with Crippen molar-refractivity contribution in [1.29, 1.82) is 0 Å². The molecule has 1 aromatic rings. The molecule has 1 heterocycles. The molecule has 0 spiro atoms. The predicted octanol–water partition coefficient (Wildman–Crippen LogP) is 0.333. The minimum Gasteiger partial charge on any atom is -0.351 e. The molecule has 3 nitrogen and oxygen atoms in total. The van der Waals surface area contributed by atoms with Crippen molar-refractivity contribution >= 4 is 0 Å². The fourth-order valence-electron chi connectivity index (χ4n) is 0.644. The van der Waals surface area contributed by atoms with E-state index in [-0.39, 0.29) is 0 Å². The number of imidazole rings is 1. The molecule has 1 rings (SSSR count). The average molecular weight is 124 g/mol. The van der Waals surface area contributed by atoms with Crippen LogP contribution in [0.5, 0.6) is 0 Å². The molecular weight excluding hydrogens is 114 g/mol. The maximum atomic E-state index is 4.03. The van der Waals surface area contributed by atoms with E-state index >= 15 is 0 Å². The number of nitrogens with one attached hydrogen (secondary N) is 2. The number of aromatic amines is 1. The lowest BCUT2D eigenvalue weighted by Crippen LogP contribution is -2.07. The molecular formula is C6H10N3. The molecule has 0 bridgehead atoms. The van der Waals surface area contributed by atoms with E-state index in [1.807, 2.05) is 6.20 Å². The molecule has 1 aromatic heterocycles. The Balaban J connectivity index is 2.30. The van der Waals surface area contributed by atoms with Crippen LogP contribution in [-0.2, 0) is 6.42 Å². The average Bonchev–Trinajstić information content (AvgIpc) is 2.34. The van der Waals surface area contributed by atoms with Gasteiger partial charge in [0.05, 0.1) is 12.0 Å². The Hall–Kier alpha value is -0.830. The maximum Gasteiger partial charge on any atom is 0.0923 e. The Morgan fingerprint density at radius 1 is 1.78 bits per heavy atom. The largest absolute Gasteiger partial charge is 0.351 e. The minimum absolute atomic E-state index is 0.880. The first-order chi connectivity index (χ1) is 4.43. The summed E-state index contributed by atoms with van der Waals surface area (Å²) in [4.78, 5) is 6.91. The van der Waals surface area contributed by atoms with E-state index in [1.54, 1.807) is 6.33 Å². The van der Waals surface area contributed by atoms with Gasteiger partial charge in [-0.05, 0) is 0 Å². The lowest BCUT2D eigenvalue weighted by molar-refractivity contribution is 0.814. The highest BCUT2D eigenvalue weighted by atomic mass is 14.9. The summed E-state index contributed by atoms with van der Waals surface area (Å²) in [5.74, 6) is 0. The molecule has 9 heavy (non-hydrogen) atoms. The van der Waals surface area contributed by atoms with Crippen LogP contribution < -0.4 is 5.32 Å². The Morgan fingerprint density at radius 2 is 2.67 bits per heavy atom. The van der Waals surface area contributed by atoms with Crippen LogP contribution in [0.25, 0.3) is 0 Å². The van der Waals surface area contributed by atoms with Gasteiger partial charge in [0, 0.05) is 26.2 Å². The first-order valence-electron chi connectivity index (χ1n) is 2.91. The number of aromatic nitrogens is 2. The highest BCUT2D eigenvalue weighted by molar-refractivity contribution is 4.94. The van der Waals surface area contributed by atoms with Gasteiger partial charge in [-0.1, -0.05) is 0 Å². The molecule has 3 heteroatoms. The van der Waals surface area contributed by atoms with Gasteiger partial charge in [-0.3, -0.25) is 0 Å². The van der Waals surface area contributed by atoms with E-state index in [4.69, 9.17) is 0 Å². The standard InChI is InChI=1S/C6H10N3/c1-7-3-2-6-4-8-5-9-6/h4-5,7H,1-3H2,(H,8,9). The molecule has 0 aliphatic carbocycles. The zero-order valence-electron chi connectivity index (χ0n) is 5.22. The lowest BCUT2D eigenvalue weighted by Gasteiger charge is -1.91. The molecule has 0 saturated heterocycles. The second-order valence-corrected chi connectivity index (χ2v) is 1.81. The summed E-state index contributed by atoms with van der Waals surface area (Å²) in [6.45, 7) is 0.880. The van der Waals surface area contributed by atoms with Gasteiger partial charge in [0.25, 0.3) is 0 Å². The number of nitrogens with zero attached hydrogens (tertiary/aromatic N) is 1. The predicted molar refractivity (Wildman–Crippen MR) is 35.7 cm³/mol. The number of hydrogen-bond donors (Lipinski definition) is 2. The van der Waals surface area contributed by atoms with E-state index < -0.39 is 0 Å². The first-order valence-corrected chi connectivity index (χ1v) is 2.91. The van der Waals surface area contributed by atoms with Crippen molar-refractivity contribution in [2.75, 3.05) is 6.54 Å². The summed E-state index contributed by atoms with van der Waals surface area (Å²) >= 11 is 0. The van der Waals surface area contributed by atoms with Crippen LogP contribution in [0.15, 0.2) is 12.5 Å². The third-order valence-corrected chi connectivity index (χ3v) is 1.11. The molecule has 0 saturated carbocycles. The summed E-state index contributed by atoms with van der Waals surface area (Å²) in [5.41, 5.74) is 1.08. The van der Waals surface area contributed by atoms with Gasteiger partial charge in [-0.15, -0.1) is 0 Å². The summed E-state index contributed by atoms with van der Waals surface area (Å²) in [5, 5.41) is 2.80. The van der Waals surface area contributed by atoms with Gasteiger partial charge in [0.1, 0.15) is 0 Å². The quantitative estimate of drug-likeness (QED) is 0.609. The summed E-state index contributed by atoms with van der Waals surface area (Å²) in [6, 6.07) is 0. The van der Waals surface area contributed by atoms with Gasteiger partial charge in [-0.2, -0.15) is 0 Å². The van der Waals surface area contributed by atoms with Crippen LogP contribution in [0.3, 0.4) is 0 Å². The molecule has 0 amide bonds. The molecule has 0 fully saturated rings. The van der Waals surface area contributed by atoms with Crippen molar-refractivity contribution in [2.45, 2.75) is 6.42 Å². The van der Waals surface area contributed by atoms with E-state index in [0.29, 0.717) is 0 Å². The van der Waals surface area contributed by atoms with Crippen LogP contribution in [0.4, 0.5) is 0 Å². The molecule has 0 aliphatic rings. The van der Waals surface area contributed by atoms with Gasteiger partial charge in [0.2, 0.25) is 0 Å². The van der Waals surface area contributed by atoms with Crippen molar-refractivity contribution in [3.05, 3.63) is 25.3 Å². The number of rotatable bonds is 3. The Bertz CT molecular complexity index is 145. The molecule has 1 radical (unpaired) electrons. The SMILES string of the molecule is [CH2]NCCc1c[nH]cn1. The van der Waals surface area contributed by atoms with Crippen molar-refractivity contribution in [1.82, 2.24) is 15.3 Å². The fourth-order valence-corrected chi connectivity index (χ4v) is 0.644. The van der Waals surface area contributed by atoms with E-state index in [2.05, 4.69) is 22.3 Å². The van der Waals surface area contributed by atoms with Crippen molar-refractivity contribution in [3.8, 4) is 0 Å². The van der Waals surface area contributed by atoms with E-state index in [0.717, 1.165) is 18.7 Å². The third kappa shape index (κ3) is 1.85. The monoisotopic (exact) mass is 124 g/mol. The second kappa shape index (κ2) is 3.25. The summed E-state index contributed by atoms with van der Waals surface area (Å²) < 4.78 is 0. The Kier molecular flexibility index (Phi) is 2.27. The highest BCUT2D eigenvalue weighted by Crippen LogP contribution is 1.89. The molecule has 0 atom stereocenters. The molecule has 0 aromatic carbocycles. The zero-order chi connectivity index (χ0) is 6.53. The van der Waals surface area contributed by atoms with Crippen molar-refractivity contribution in [3.63, 3.8) is 0 Å². The Morgan fingerprint density at radius 3 is 3.22 bits per heavy atom. The second-order valence-electron chi connectivity index (χ2n) is 1.81. The highest BCUT2D eigenvalue weighted by Gasteiger charge is 1.89. The van der Waals surface area contributed by atoms with Crippen LogP contribution in [0.2, 0.25) is 0 Å². The van der Waals surface area contributed by atoms with Crippen LogP contribution in [0, 0.1) is 7.05 Å². The molecule has 49 valence electrons. The first kappa shape index (κ1) is 6.29. The van der Waals surface area contributed by atoms with Crippen LogP contribution in [0.1, 0.15) is 5.69 Å². The maximum absolute atomic E-state index is 4.03. The topological polar surface area (TPSA) is 40.7 Å². The van der Waals surface area contributed by atoms with Gasteiger partial charge in [-0.25, -0.2) is 4.98 Å². The number of H-pyrrole nitrogens is 1. The zero-order valence-corrected chi connectivity index (χ0v) is 5.22. The molecule has 2 N–H and O–H groups in total. The number of hydrogen-bond acceptors (Lipinski definition) is 2. The molecule has 0 aliphatic heterocycles. The lowest BCUT2D eigenvalue weighted by atomic mass is 10.3. The summed E-state index contributed by atoms with van der Waals surface area (Å²) in [6.07, 6.45) is 4.50. The molecule has 0 unspecified atom stereocenters. The Labute approximate surface area is 54.5 Å². The third-order valence-electron chi connectivity index (χ3n) is 1.11. The van der Waals surface area contributed by atoms with E-state index in [1.165, 1.54) is 0 Å². The summed E-state index contributed by atoms with van der Waals surface area (Å²) in [7, 11) is 3.50. The van der Waals surface area contributed by atoms with Gasteiger partial charge in [0.15, 0.2) is 0 Å². The van der Waals surface area contributed by atoms with Crippen molar-refractivity contribution in [2.24, 2.45) is 0 Å². The normalized spacial score (nSPS) is 9.89. The van der Waals surface area contributed by atoms with Gasteiger partial charge >= 0.3 is 0 Å². The van der Waals surface area contributed by atoms with Gasteiger partial charge < -0.3 is 10.3 Å².